The number of carbonyl (C=O) groups is 2. The molecule has 0 aromatic heterocycles. The Hall–Kier alpha value is -1.62. The van der Waals surface area contributed by atoms with Gasteiger partial charge in [0.05, 0.1) is 11.5 Å². The number of esters is 2. The van der Waals surface area contributed by atoms with Crippen LogP contribution in [0.4, 0.5) is 0 Å². The van der Waals surface area contributed by atoms with E-state index in [1.165, 1.54) is 6.92 Å². The number of rotatable bonds is 1. The van der Waals surface area contributed by atoms with E-state index in [9.17, 15) is 9.59 Å². The standard InChI is InChI=1S/C17H22O5/c1-9-6-5-7-17(4)15(22-17)14-13(10(2)16(19)21-14)12(8-9)20-11(3)18/h6,12-15H,2,5,7-8H2,1,3-4H3/b9-6+/t12?,13?,14?,15?,17-/m1/s1. The summed E-state index contributed by atoms with van der Waals surface area (Å²) in [6, 6.07) is 0. The molecule has 0 aromatic rings. The van der Waals surface area contributed by atoms with Crippen molar-refractivity contribution < 1.29 is 23.8 Å². The van der Waals surface area contributed by atoms with Gasteiger partial charge in [0.15, 0.2) is 0 Å². The minimum Gasteiger partial charge on any atom is -0.461 e. The number of fused-ring (bicyclic) bond motifs is 3. The lowest BCUT2D eigenvalue weighted by molar-refractivity contribution is -0.150. The number of hydrogen-bond acceptors (Lipinski definition) is 5. The minimum absolute atomic E-state index is 0.148. The van der Waals surface area contributed by atoms with Crippen molar-refractivity contribution in [2.75, 3.05) is 0 Å². The molecule has 0 spiro atoms. The fraction of sp³-hybridized carbons (Fsp3) is 0.647. The molecule has 1 aliphatic carbocycles. The number of allylic oxidation sites excluding steroid dienone is 1. The summed E-state index contributed by atoms with van der Waals surface area (Å²) in [7, 11) is 0. The highest BCUT2D eigenvalue weighted by Gasteiger charge is 2.63. The molecule has 3 aliphatic rings. The van der Waals surface area contributed by atoms with Crippen LogP contribution in [0.3, 0.4) is 0 Å². The molecule has 4 unspecified atom stereocenters. The molecule has 2 heterocycles. The smallest absolute Gasteiger partial charge is 0.334 e. The van der Waals surface area contributed by atoms with Crippen LogP contribution in [0, 0.1) is 5.92 Å². The zero-order valence-electron chi connectivity index (χ0n) is 13.3. The van der Waals surface area contributed by atoms with Gasteiger partial charge in [-0.2, -0.15) is 0 Å². The molecule has 5 atom stereocenters. The third-order valence-electron chi connectivity index (χ3n) is 4.88. The first-order valence-corrected chi connectivity index (χ1v) is 7.72. The molecule has 3 rings (SSSR count). The normalized spacial score (nSPS) is 43.3. The second kappa shape index (κ2) is 5.23. The van der Waals surface area contributed by atoms with Crippen molar-refractivity contribution in [1.82, 2.24) is 0 Å². The van der Waals surface area contributed by atoms with E-state index in [1.807, 2.05) is 13.8 Å². The summed E-state index contributed by atoms with van der Waals surface area (Å²) >= 11 is 0. The van der Waals surface area contributed by atoms with E-state index >= 15 is 0 Å². The van der Waals surface area contributed by atoms with Gasteiger partial charge in [-0.1, -0.05) is 18.2 Å². The largest absolute Gasteiger partial charge is 0.461 e. The summed E-state index contributed by atoms with van der Waals surface area (Å²) in [5.74, 6) is -1.12. The summed E-state index contributed by atoms with van der Waals surface area (Å²) in [5, 5.41) is 0. The predicted octanol–water partition coefficient (Wildman–Crippen LogP) is 2.30. The molecule has 5 nitrogen and oxygen atoms in total. The van der Waals surface area contributed by atoms with Crippen molar-refractivity contribution in [1.29, 1.82) is 0 Å². The average molecular weight is 306 g/mol. The fourth-order valence-corrected chi connectivity index (χ4v) is 3.63. The molecular weight excluding hydrogens is 284 g/mol. The minimum atomic E-state index is -0.441. The molecule has 0 bridgehead atoms. The van der Waals surface area contributed by atoms with Crippen LogP contribution in [0.2, 0.25) is 0 Å². The summed E-state index contributed by atoms with van der Waals surface area (Å²) in [5.41, 5.74) is 1.24. The molecule has 2 fully saturated rings. The molecule has 22 heavy (non-hydrogen) atoms. The van der Waals surface area contributed by atoms with Gasteiger partial charge in [-0.3, -0.25) is 4.79 Å². The zero-order valence-corrected chi connectivity index (χ0v) is 13.3. The Morgan fingerprint density at radius 1 is 1.50 bits per heavy atom. The van der Waals surface area contributed by atoms with Gasteiger partial charge in [0.1, 0.15) is 18.3 Å². The maximum absolute atomic E-state index is 12.0. The molecule has 0 radical (unpaired) electrons. The first kappa shape index (κ1) is 15.3. The van der Waals surface area contributed by atoms with Gasteiger partial charge in [0, 0.05) is 18.9 Å². The Morgan fingerprint density at radius 2 is 2.23 bits per heavy atom. The Morgan fingerprint density at radius 3 is 2.91 bits per heavy atom. The maximum Gasteiger partial charge on any atom is 0.334 e. The monoisotopic (exact) mass is 306 g/mol. The van der Waals surface area contributed by atoms with Crippen molar-refractivity contribution in [3.8, 4) is 0 Å². The Balaban J connectivity index is 1.96. The second-order valence-corrected chi connectivity index (χ2v) is 6.71. The summed E-state index contributed by atoms with van der Waals surface area (Å²) in [6.45, 7) is 9.30. The Labute approximate surface area is 130 Å². The average Bonchev–Trinajstić information content (AvgIpc) is 2.98. The SMILES string of the molecule is C=C1C(=O)OC2C1C(OC(C)=O)C/C(C)=C/CC[C@@]1(C)OC21. The highest BCUT2D eigenvalue weighted by Crippen LogP contribution is 2.50. The molecule has 120 valence electrons. The van der Waals surface area contributed by atoms with E-state index in [0.717, 1.165) is 18.4 Å². The molecule has 0 N–H and O–H groups in total. The van der Waals surface area contributed by atoms with Crippen molar-refractivity contribution in [3.63, 3.8) is 0 Å². The van der Waals surface area contributed by atoms with E-state index < -0.39 is 18.2 Å². The number of carbonyl (C=O) groups excluding carboxylic acids is 2. The van der Waals surface area contributed by atoms with Gasteiger partial charge < -0.3 is 14.2 Å². The highest BCUT2D eigenvalue weighted by molar-refractivity contribution is 5.91. The van der Waals surface area contributed by atoms with E-state index in [1.54, 1.807) is 0 Å². The number of ether oxygens (including phenoxy) is 3. The summed E-state index contributed by atoms with van der Waals surface area (Å²) < 4.78 is 16.8. The van der Waals surface area contributed by atoms with Gasteiger partial charge in [-0.15, -0.1) is 0 Å². The van der Waals surface area contributed by atoms with Crippen LogP contribution < -0.4 is 0 Å². The molecule has 2 saturated heterocycles. The number of hydrogen-bond donors (Lipinski definition) is 0. The molecule has 2 aliphatic heterocycles. The van der Waals surface area contributed by atoms with Crippen LogP contribution in [-0.2, 0) is 23.8 Å². The maximum atomic E-state index is 12.0. The van der Waals surface area contributed by atoms with Gasteiger partial charge in [0.2, 0.25) is 0 Å². The Bertz CT molecular complexity index is 563. The fourth-order valence-electron chi connectivity index (χ4n) is 3.63. The van der Waals surface area contributed by atoms with Gasteiger partial charge in [0.25, 0.3) is 0 Å². The molecule has 0 saturated carbocycles. The third-order valence-corrected chi connectivity index (χ3v) is 4.88. The first-order chi connectivity index (χ1) is 10.3. The zero-order chi connectivity index (χ0) is 16.1. The Kier molecular flexibility index (Phi) is 3.63. The van der Waals surface area contributed by atoms with Gasteiger partial charge in [-0.25, -0.2) is 4.79 Å². The van der Waals surface area contributed by atoms with E-state index in [-0.39, 0.29) is 23.6 Å². The third kappa shape index (κ3) is 2.58. The topological polar surface area (TPSA) is 65.1 Å². The predicted molar refractivity (Wildman–Crippen MR) is 79.0 cm³/mol. The highest BCUT2D eigenvalue weighted by atomic mass is 16.6. The molecule has 0 aromatic carbocycles. The van der Waals surface area contributed by atoms with E-state index in [2.05, 4.69) is 12.7 Å². The van der Waals surface area contributed by atoms with Crippen molar-refractivity contribution >= 4 is 11.9 Å². The lowest BCUT2D eigenvalue weighted by atomic mass is 9.82. The van der Waals surface area contributed by atoms with Crippen molar-refractivity contribution in [2.24, 2.45) is 5.92 Å². The van der Waals surface area contributed by atoms with Crippen LogP contribution in [0.5, 0.6) is 0 Å². The molecule has 0 amide bonds. The second-order valence-electron chi connectivity index (χ2n) is 6.71. The first-order valence-electron chi connectivity index (χ1n) is 7.72. The van der Waals surface area contributed by atoms with E-state index in [4.69, 9.17) is 14.2 Å². The quantitative estimate of drug-likeness (QED) is 0.322. The number of epoxide rings is 1. The summed E-state index contributed by atoms with van der Waals surface area (Å²) in [6.07, 6.45) is 3.52. The summed E-state index contributed by atoms with van der Waals surface area (Å²) in [4.78, 5) is 23.5. The van der Waals surface area contributed by atoms with Crippen LogP contribution in [0.15, 0.2) is 23.8 Å². The van der Waals surface area contributed by atoms with E-state index in [0.29, 0.717) is 12.0 Å². The molecule has 5 heteroatoms. The van der Waals surface area contributed by atoms with Crippen LogP contribution >= 0.6 is 0 Å². The molecular formula is C17H22O5. The van der Waals surface area contributed by atoms with Gasteiger partial charge >= 0.3 is 11.9 Å². The van der Waals surface area contributed by atoms with Crippen LogP contribution in [0.25, 0.3) is 0 Å². The lowest BCUT2D eigenvalue weighted by Gasteiger charge is -2.27. The van der Waals surface area contributed by atoms with Crippen molar-refractivity contribution in [2.45, 2.75) is 63.9 Å². The van der Waals surface area contributed by atoms with Crippen LogP contribution in [0.1, 0.15) is 40.0 Å². The van der Waals surface area contributed by atoms with Gasteiger partial charge in [-0.05, 0) is 26.7 Å². The lowest BCUT2D eigenvalue weighted by Crippen LogP contribution is -2.38. The van der Waals surface area contributed by atoms with Crippen molar-refractivity contribution in [3.05, 3.63) is 23.8 Å². The van der Waals surface area contributed by atoms with Crippen LogP contribution in [-0.4, -0.2) is 35.9 Å².